The first-order valence-corrected chi connectivity index (χ1v) is 3.95. The van der Waals surface area contributed by atoms with Crippen LogP contribution in [0, 0.1) is 6.92 Å². The van der Waals surface area contributed by atoms with E-state index in [1.165, 1.54) is 14.0 Å². The Labute approximate surface area is 89.0 Å². The summed E-state index contributed by atoms with van der Waals surface area (Å²) in [7, 11) is 1.17. The highest BCUT2D eigenvalue weighted by Crippen LogP contribution is 2.01. The van der Waals surface area contributed by atoms with Crippen molar-refractivity contribution in [1.82, 2.24) is 0 Å². The van der Waals surface area contributed by atoms with Crippen LogP contribution < -0.4 is 0 Å². The van der Waals surface area contributed by atoms with Gasteiger partial charge in [-0.1, -0.05) is 6.58 Å². The van der Waals surface area contributed by atoms with Crippen LogP contribution in [0.3, 0.4) is 0 Å². The van der Waals surface area contributed by atoms with Gasteiger partial charge in [-0.25, -0.2) is 9.59 Å². The number of esters is 2. The molecule has 0 aromatic carbocycles. The lowest BCUT2D eigenvalue weighted by molar-refractivity contribution is -0.147. The van der Waals surface area contributed by atoms with Crippen molar-refractivity contribution in [2.75, 3.05) is 13.7 Å². The summed E-state index contributed by atoms with van der Waals surface area (Å²) < 4.78 is 8.70. The number of aliphatic hydroxyl groups is 1. The fraction of sp³-hybridized carbons (Fsp3) is 0.300. The first-order valence-electron chi connectivity index (χ1n) is 3.95. The van der Waals surface area contributed by atoms with Gasteiger partial charge in [0, 0.05) is 12.2 Å². The van der Waals surface area contributed by atoms with Crippen molar-refractivity contribution in [2.24, 2.45) is 0 Å². The van der Waals surface area contributed by atoms with Crippen LogP contribution in [-0.4, -0.2) is 30.8 Å². The number of carbonyl (C=O) groups excluding carboxylic acids is 2. The molecule has 15 heavy (non-hydrogen) atoms. The molecular formula is C10H15O5. The van der Waals surface area contributed by atoms with Gasteiger partial charge >= 0.3 is 11.9 Å². The van der Waals surface area contributed by atoms with Gasteiger partial charge in [-0.2, -0.15) is 0 Å². The molecule has 0 fully saturated rings. The Morgan fingerprint density at radius 3 is 1.93 bits per heavy atom. The minimum Gasteiger partial charge on any atom is -0.463 e. The fourth-order valence-corrected chi connectivity index (χ4v) is 0.355. The average molecular weight is 215 g/mol. The topological polar surface area (TPSA) is 72.8 Å². The molecular weight excluding hydrogens is 200 g/mol. The number of hydrogen-bond donors (Lipinski definition) is 1. The van der Waals surface area contributed by atoms with Crippen LogP contribution in [0.4, 0.5) is 0 Å². The number of ether oxygens (including phenoxy) is 2. The molecule has 0 saturated carbocycles. The number of hydrogen-bond acceptors (Lipinski definition) is 5. The van der Waals surface area contributed by atoms with Crippen molar-refractivity contribution in [2.45, 2.75) is 6.92 Å². The summed E-state index contributed by atoms with van der Waals surface area (Å²) in [4.78, 5) is 21.4. The highest BCUT2D eigenvalue weighted by Gasteiger charge is 2.12. The maximum atomic E-state index is 10.8. The van der Waals surface area contributed by atoms with Crippen molar-refractivity contribution in [1.29, 1.82) is 0 Å². The third kappa shape index (κ3) is 8.70. The van der Waals surface area contributed by atoms with Crippen LogP contribution in [0.5, 0.6) is 0 Å². The molecule has 85 valence electrons. The predicted octanol–water partition coefficient (Wildman–Crippen LogP) is 0.605. The normalized spacial score (nSPS) is 8.00. The molecule has 1 N–H and O–H groups in total. The van der Waals surface area contributed by atoms with E-state index in [1.54, 1.807) is 0 Å². The van der Waals surface area contributed by atoms with Crippen molar-refractivity contribution >= 4 is 11.9 Å². The van der Waals surface area contributed by atoms with Gasteiger partial charge in [0.15, 0.2) is 0 Å². The molecule has 0 aliphatic carbocycles. The second kappa shape index (κ2) is 8.96. The smallest absolute Gasteiger partial charge is 0.373 e. The molecule has 0 aliphatic heterocycles. The molecule has 0 heterocycles. The Kier molecular flexibility index (Phi) is 9.45. The lowest BCUT2D eigenvalue weighted by Gasteiger charge is -2.03. The first-order chi connectivity index (χ1) is 6.90. The maximum absolute atomic E-state index is 10.8. The molecule has 0 saturated heterocycles. The van der Waals surface area contributed by atoms with Crippen molar-refractivity contribution in [3.05, 3.63) is 31.4 Å². The van der Waals surface area contributed by atoms with Gasteiger partial charge in [0.25, 0.3) is 0 Å². The molecule has 0 aromatic heterocycles. The second-order valence-electron chi connectivity index (χ2n) is 2.31. The van der Waals surface area contributed by atoms with E-state index >= 15 is 0 Å². The van der Waals surface area contributed by atoms with E-state index in [-0.39, 0.29) is 17.9 Å². The minimum absolute atomic E-state index is 0. The van der Waals surface area contributed by atoms with Gasteiger partial charge in [-0.3, -0.25) is 0 Å². The predicted molar refractivity (Wildman–Crippen MR) is 54.5 cm³/mol. The van der Waals surface area contributed by atoms with Gasteiger partial charge in [0.05, 0.1) is 7.11 Å². The molecule has 0 aromatic rings. The summed E-state index contributed by atoms with van der Waals surface area (Å²) in [6.07, 6.45) is 0. The molecule has 5 heteroatoms. The molecule has 0 amide bonds. The summed E-state index contributed by atoms with van der Waals surface area (Å²) in [6.45, 7) is 11.0. The quantitative estimate of drug-likeness (QED) is 0.424. The van der Waals surface area contributed by atoms with Crippen LogP contribution in [0.25, 0.3) is 0 Å². The molecule has 0 unspecified atom stereocenters. The first kappa shape index (κ1) is 15.8. The van der Waals surface area contributed by atoms with E-state index in [0.29, 0.717) is 0 Å². The highest BCUT2D eigenvalue weighted by molar-refractivity contribution is 5.93. The molecule has 0 spiro atoms. The molecule has 0 aliphatic rings. The standard InChI is InChI=1S/C8H10O4.C2H5O/c1-5(2)7(9)12-6(3)8(10)11-4;1-2-3/h1,3H2,2,4H3;3H,1-2H2. The van der Waals surface area contributed by atoms with Gasteiger partial charge in [-0.15, -0.1) is 0 Å². The van der Waals surface area contributed by atoms with E-state index in [2.05, 4.69) is 29.6 Å². The van der Waals surface area contributed by atoms with Gasteiger partial charge in [0.1, 0.15) is 0 Å². The summed E-state index contributed by atoms with van der Waals surface area (Å²) in [5.74, 6) is -1.81. The highest BCUT2D eigenvalue weighted by atomic mass is 16.6. The summed E-state index contributed by atoms with van der Waals surface area (Å²) >= 11 is 0. The van der Waals surface area contributed by atoms with Crippen molar-refractivity contribution in [3.63, 3.8) is 0 Å². The van der Waals surface area contributed by atoms with Crippen molar-refractivity contribution < 1.29 is 24.2 Å². The zero-order valence-corrected chi connectivity index (χ0v) is 8.91. The summed E-state index contributed by atoms with van der Waals surface area (Å²) in [6, 6.07) is 0. The van der Waals surface area contributed by atoms with Crippen LogP contribution >= 0.6 is 0 Å². The van der Waals surface area contributed by atoms with E-state index in [1.807, 2.05) is 0 Å². The molecule has 0 rings (SSSR count). The minimum atomic E-state index is -0.774. The lowest BCUT2D eigenvalue weighted by atomic mass is 10.4. The molecule has 0 atom stereocenters. The average Bonchev–Trinajstić information content (AvgIpc) is 2.17. The third-order valence-corrected chi connectivity index (χ3v) is 0.977. The number of methoxy groups -OCH3 is 1. The van der Waals surface area contributed by atoms with Gasteiger partial charge < -0.3 is 14.6 Å². The van der Waals surface area contributed by atoms with Crippen LogP contribution in [0.1, 0.15) is 6.92 Å². The number of aliphatic hydroxyl groups excluding tert-OH is 1. The van der Waals surface area contributed by atoms with Crippen molar-refractivity contribution in [3.8, 4) is 0 Å². The van der Waals surface area contributed by atoms with E-state index < -0.39 is 11.9 Å². The largest absolute Gasteiger partial charge is 0.463 e. The SMILES string of the molecule is C=C(C)C(=O)OC(=C)C(=O)OC.[CH2]CO. The zero-order valence-electron chi connectivity index (χ0n) is 8.91. The Balaban J connectivity index is 0. The Morgan fingerprint density at radius 2 is 1.67 bits per heavy atom. The fourth-order valence-electron chi connectivity index (χ4n) is 0.355. The number of carbonyl (C=O) groups is 2. The molecule has 5 nitrogen and oxygen atoms in total. The van der Waals surface area contributed by atoms with Crippen LogP contribution in [0.15, 0.2) is 24.5 Å². The second-order valence-corrected chi connectivity index (χ2v) is 2.31. The molecule has 1 radical (unpaired) electrons. The number of rotatable bonds is 3. The maximum Gasteiger partial charge on any atom is 0.373 e. The Hall–Kier alpha value is -1.62. The van der Waals surface area contributed by atoms with Crippen LogP contribution in [-0.2, 0) is 19.1 Å². The van der Waals surface area contributed by atoms with E-state index in [0.717, 1.165) is 0 Å². The third-order valence-electron chi connectivity index (χ3n) is 0.977. The zero-order chi connectivity index (χ0) is 12.4. The van der Waals surface area contributed by atoms with E-state index in [4.69, 9.17) is 5.11 Å². The van der Waals surface area contributed by atoms with Gasteiger partial charge in [-0.05, 0) is 20.4 Å². The van der Waals surface area contributed by atoms with Gasteiger partial charge in [0.2, 0.25) is 5.76 Å². The van der Waals surface area contributed by atoms with E-state index in [9.17, 15) is 9.59 Å². The monoisotopic (exact) mass is 215 g/mol. The summed E-state index contributed by atoms with van der Waals surface area (Å²) in [5.41, 5.74) is 0.194. The summed E-state index contributed by atoms with van der Waals surface area (Å²) in [5, 5.41) is 7.46. The van der Waals surface area contributed by atoms with Crippen LogP contribution in [0.2, 0.25) is 0 Å². The molecule has 0 bridgehead atoms. The Bertz CT molecular complexity index is 255. The Morgan fingerprint density at radius 1 is 1.27 bits per heavy atom. The lowest BCUT2D eigenvalue weighted by Crippen LogP contribution is -2.12.